The number of piperazine rings is 1. The van der Waals surface area contributed by atoms with Crippen molar-refractivity contribution in [3.8, 4) is 0 Å². The van der Waals surface area contributed by atoms with Crippen LogP contribution in [0.15, 0.2) is 30.5 Å². The first-order valence-electron chi connectivity index (χ1n) is 7.84. The largest absolute Gasteiger partial charge is 0.361 e. The molecule has 2 heterocycles. The lowest BCUT2D eigenvalue weighted by Gasteiger charge is -2.38. The zero-order valence-electron chi connectivity index (χ0n) is 13.5. The average molecular weight is 314 g/mol. The van der Waals surface area contributed by atoms with Gasteiger partial charge in [-0.05, 0) is 18.7 Å². The van der Waals surface area contributed by atoms with Gasteiger partial charge in [0.1, 0.15) is 6.04 Å². The summed E-state index contributed by atoms with van der Waals surface area (Å²) in [5, 5.41) is 3.75. The Balaban J connectivity index is 1.72. The van der Waals surface area contributed by atoms with Gasteiger partial charge in [0.15, 0.2) is 0 Å². The van der Waals surface area contributed by atoms with E-state index in [0.717, 1.165) is 16.5 Å². The Kier molecular flexibility index (Phi) is 4.34. The molecule has 0 bridgehead atoms. The molecule has 0 radical (unpaired) electrons. The summed E-state index contributed by atoms with van der Waals surface area (Å²) in [7, 11) is 3.55. The summed E-state index contributed by atoms with van der Waals surface area (Å²) in [5.74, 6) is 0.0221. The van der Waals surface area contributed by atoms with Crippen molar-refractivity contribution < 1.29 is 9.59 Å². The van der Waals surface area contributed by atoms with Crippen molar-refractivity contribution in [3.63, 3.8) is 0 Å². The minimum absolute atomic E-state index is 0.0444. The number of hydrogen-bond acceptors (Lipinski definition) is 3. The van der Waals surface area contributed by atoms with E-state index in [9.17, 15) is 9.59 Å². The van der Waals surface area contributed by atoms with Gasteiger partial charge in [-0.2, -0.15) is 0 Å². The molecule has 1 aromatic heterocycles. The molecule has 1 aliphatic heterocycles. The van der Waals surface area contributed by atoms with Gasteiger partial charge in [0.05, 0.1) is 6.42 Å². The number of carbonyl (C=O) groups excluding carboxylic acids is 2. The van der Waals surface area contributed by atoms with Gasteiger partial charge in [0.25, 0.3) is 0 Å². The second-order valence-electron chi connectivity index (χ2n) is 5.99. The summed E-state index contributed by atoms with van der Waals surface area (Å²) in [6.45, 7) is 1.81. The van der Waals surface area contributed by atoms with E-state index in [2.05, 4.69) is 10.3 Å². The fourth-order valence-corrected chi connectivity index (χ4v) is 3.10. The van der Waals surface area contributed by atoms with E-state index in [1.54, 1.807) is 11.9 Å². The van der Waals surface area contributed by atoms with Gasteiger partial charge in [-0.25, -0.2) is 0 Å². The molecule has 6 nitrogen and oxygen atoms in total. The SMILES string of the molecule is CNC(=O)C1CN(C(=O)Cc2c[nH]c3ccccc23)CCN1C. The molecule has 1 unspecified atom stereocenters. The van der Waals surface area contributed by atoms with Crippen LogP contribution in [0.2, 0.25) is 0 Å². The molecule has 1 aliphatic rings. The highest BCUT2D eigenvalue weighted by molar-refractivity contribution is 5.89. The van der Waals surface area contributed by atoms with Gasteiger partial charge in [-0.15, -0.1) is 0 Å². The highest BCUT2D eigenvalue weighted by Crippen LogP contribution is 2.19. The fourth-order valence-electron chi connectivity index (χ4n) is 3.10. The zero-order chi connectivity index (χ0) is 16.4. The van der Waals surface area contributed by atoms with Crippen molar-refractivity contribution in [2.24, 2.45) is 0 Å². The Morgan fingerprint density at radius 2 is 2.09 bits per heavy atom. The average Bonchev–Trinajstić information content (AvgIpc) is 2.97. The van der Waals surface area contributed by atoms with Crippen LogP contribution in [0.4, 0.5) is 0 Å². The van der Waals surface area contributed by atoms with E-state index in [1.165, 1.54) is 0 Å². The number of fused-ring (bicyclic) bond motifs is 1. The molecule has 2 N–H and O–H groups in total. The van der Waals surface area contributed by atoms with E-state index in [4.69, 9.17) is 0 Å². The predicted octanol–water partition coefficient (Wildman–Crippen LogP) is 0.599. The number of hydrogen-bond donors (Lipinski definition) is 2. The maximum Gasteiger partial charge on any atom is 0.238 e. The maximum atomic E-state index is 12.6. The molecule has 1 fully saturated rings. The summed E-state index contributed by atoms with van der Waals surface area (Å²) < 4.78 is 0. The molecule has 3 rings (SSSR count). The van der Waals surface area contributed by atoms with Gasteiger partial charge in [-0.1, -0.05) is 18.2 Å². The minimum atomic E-state index is -0.277. The van der Waals surface area contributed by atoms with E-state index >= 15 is 0 Å². The number of benzene rings is 1. The molecule has 1 saturated heterocycles. The molecule has 23 heavy (non-hydrogen) atoms. The van der Waals surface area contributed by atoms with Gasteiger partial charge < -0.3 is 15.2 Å². The summed E-state index contributed by atoms with van der Waals surface area (Å²) in [5.41, 5.74) is 2.04. The molecular formula is C17H22N4O2. The standard InChI is InChI=1S/C17H22N4O2/c1-18-17(23)15-11-21(8-7-20(15)2)16(22)9-12-10-19-14-6-4-3-5-13(12)14/h3-6,10,15,19H,7-9,11H2,1-2H3,(H,18,23). The molecular weight excluding hydrogens is 292 g/mol. The van der Waals surface area contributed by atoms with Crippen LogP contribution in [0.25, 0.3) is 10.9 Å². The first-order chi connectivity index (χ1) is 11.1. The molecule has 1 aromatic carbocycles. The van der Waals surface area contributed by atoms with Crippen LogP contribution in [-0.4, -0.2) is 66.4 Å². The highest BCUT2D eigenvalue weighted by atomic mass is 16.2. The number of aromatic amines is 1. The van der Waals surface area contributed by atoms with Crippen LogP contribution in [0, 0.1) is 0 Å². The van der Waals surface area contributed by atoms with Crippen LogP contribution in [0.3, 0.4) is 0 Å². The number of nitrogens with zero attached hydrogens (tertiary/aromatic N) is 2. The summed E-state index contributed by atoms with van der Waals surface area (Å²) in [4.78, 5) is 31.6. The van der Waals surface area contributed by atoms with Gasteiger partial charge in [0, 0.05) is 43.8 Å². The van der Waals surface area contributed by atoms with Crippen LogP contribution in [-0.2, 0) is 16.0 Å². The van der Waals surface area contributed by atoms with Crippen LogP contribution >= 0.6 is 0 Å². The van der Waals surface area contributed by atoms with Crippen molar-refractivity contribution in [1.29, 1.82) is 0 Å². The molecule has 6 heteroatoms. The number of rotatable bonds is 3. The minimum Gasteiger partial charge on any atom is -0.361 e. The Labute approximate surface area is 135 Å². The topological polar surface area (TPSA) is 68.4 Å². The number of nitrogens with one attached hydrogen (secondary N) is 2. The van der Waals surface area contributed by atoms with Gasteiger partial charge in [0.2, 0.25) is 11.8 Å². The lowest BCUT2D eigenvalue weighted by Crippen LogP contribution is -2.58. The normalized spacial score (nSPS) is 19.0. The molecule has 122 valence electrons. The number of aromatic nitrogens is 1. The quantitative estimate of drug-likeness (QED) is 0.872. The predicted molar refractivity (Wildman–Crippen MR) is 89.1 cm³/mol. The lowest BCUT2D eigenvalue weighted by atomic mass is 10.1. The van der Waals surface area contributed by atoms with E-state index in [-0.39, 0.29) is 17.9 Å². The van der Waals surface area contributed by atoms with Crippen molar-refractivity contribution in [2.75, 3.05) is 33.7 Å². The van der Waals surface area contributed by atoms with Crippen LogP contribution in [0.5, 0.6) is 0 Å². The van der Waals surface area contributed by atoms with E-state index < -0.39 is 0 Å². The first kappa shape index (κ1) is 15.6. The second-order valence-corrected chi connectivity index (χ2v) is 5.99. The van der Waals surface area contributed by atoms with Crippen LogP contribution < -0.4 is 5.32 Å². The number of para-hydroxylation sites is 1. The number of likely N-dealkylation sites (N-methyl/N-ethyl adjacent to an activating group) is 2. The smallest absolute Gasteiger partial charge is 0.238 e. The van der Waals surface area contributed by atoms with Gasteiger partial charge in [-0.3, -0.25) is 14.5 Å². The summed E-state index contributed by atoms with van der Waals surface area (Å²) >= 11 is 0. The zero-order valence-corrected chi connectivity index (χ0v) is 13.5. The molecule has 0 spiro atoms. The Bertz CT molecular complexity index is 724. The van der Waals surface area contributed by atoms with Crippen molar-refractivity contribution in [1.82, 2.24) is 20.1 Å². The second kappa shape index (κ2) is 6.42. The molecule has 0 saturated carbocycles. The van der Waals surface area contributed by atoms with E-state index in [0.29, 0.717) is 26.1 Å². The first-order valence-corrected chi connectivity index (χ1v) is 7.84. The van der Waals surface area contributed by atoms with Crippen molar-refractivity contribution in [2.45, 2.75) is 12.5 Å². The molecule has 2 amide bonds. The third-order valence-corrected chi connectivity index (χ3v) is 4.57. The van der Waals surface area contributed by atoms with E-state index in [1.807, 2.05) is 42.4 Å². The number of carbonyl (C=O) groups is 2. The third kappa shape index (κ3) is 3.07. The number of amides is 2. The summed E-state index contributed by atoms with van der Waals surface area (Å²) in [6, 6.07) is 7.69. The number of H-pyrrole nitrogens is 1. The Morgan fingerprint density at radius 3 is 2.87 bits per heavy atom. The lowest BCUT2D eigenvalue weighted by molar-refractivity contribution is -0.136. The highest BCUT2D eigenvalue weighted by Gasteiger charge is 2.31. The van der Waals surface area contributed by atoms with Gasteiger partial charge >= 0.3 is 0 Å². The van der Waals surface area contributed by atoms with Crippen molar-refractivity contribution in [3.05, 3.63) is 36.0 Å². The summed E-state index contributed by atoms with van der Waals surface area (Å²) in [6.07, 6.45) is 2.25. The maximum absolute atomic E-state index is 12.6. The fraction of sp³-hybridized carbons (Fsp3) is 0.412. The molecule has 1 atom stereocenters. The Hall–Kier alpha value is -2.34. The molecule has 0 aliphatic carbocycles. The van der Waals surface area contributed by atoms with Crippen molar-refractivity contribution >= 4 is 22.7 Å². The monoisotopic (exact) mass is 314 g/mol. The van der Waals surface area contributed by atoms with Crippen LogP contribution in [0.1, 0.15) is 5.56 Å². The third-order valence-electron chi connectivity index (χ3n) is 4.57. The molecule has 2 aromatic rings. The Morgan fingerprint density at radius 1 is 1.30 bits per heavy atom.